The van der Waals surface area contributed by atoms with E-state index >= 15 is 0 Å². The molecule has 2 heterocycles. The van der Waals surface area contributed by atoms with Gasteiger partial charge in [0.2, 0.25) is 17.7 Å². The molecule has 2 aliphatic heterocycles. The summed E-state index contributed by atoms with van der Waals surface area (Å²) in [5, 5.41) is 0. The fourth-order valence-corrected chi connectivity index (χ4v) is 4.97. The average Bonchev–Trinajstić information content (AvgIpc) is 2.89. The zero-order chi connectivity index (χ0) is 16.1. The number of carbonyl (C=O) groups excluding carboxylic acids is 3. The number of nitrogens with zero attached hydrogens (tertiary/aromatic N) is 2. The molecular weight excluding hydrogens is 292 g/mol. The Labute approximate surface area is 136 Å². The first-order chi connectivity index (χ1) is 11.1. The Bertz CT molecular complexity index is 547. The third kappa shape index (κ3) is 2.16. The summed E-state index contributed by atoms with van der Waals surface area (Å²) in [7, 11) is 0. The molecule has 2 saturated heterocycles. The Balaban J connectivity index is 1.56. The van der Waals surface area contributed by atoms with Crippen molar-refractivity contribution in [3.8, 4) is 0 Å². The van der Waals surface area contributed by atoms with E-state index < -0.39 is 6.04 Å². The van der Waals surface area contributed by atoms with Gasteiger partial charge in [-0.1, -0.05) is 12.2 Å². The van der Waals surface area contributed by atoms with Gasteiger partial charge >= 0.3 is 0 Å². The van der Waals surface area contributed by atoms with Gasteiger partial charge in [-0.25, -0.2) is 0 Å². The standard InChI is InChI=1S/C18H24N2O3/c1-11(16(21)19-9-3-2-4-10-19)20-17(22)14-12-5-6-13(8-7-12)15(14)18(20)23/h5-6,11-15H,2-4,7-10H2,1H3/t11-,12+,13+,14-,15-/m1/s1. The lowest BCUT2D eigenvalue weighted by molar-refractivity contribution is -0.151. The molecule has 5 rings (SSSR count). The van der Waals surface area contributed by atoms with E-state index in [9.17, 15) is 14.4 Å². The number of amides is 3. The van der Waals surface area contributed by atoms with Gasteiger partial charge in [0.1, 0.15) is 6.04 Å². The van der Waals surface area contributed by atoms with Crippen LogP contribution in [0.4, 0.5) is 0 Å². The summed E-state index contributed by atoms with van der Waals surface area (Å²) in [6.45, 7) is 3.22. The predicted octanol–water partition coefficient (Wildman–Crippen LogP) is 1.58. The molecule has 3 amide bonds. The fourth-order valence-electron chi connectivity index (χ4n) is 4.97. The smallest absolute Gasteiger partial charge is 0.245 e. The molecule has 124 valence electrons. The average molecular weight is 316 g/mol. The summed E-state index contributed by atoms with van der Waals surface area (Å²) in [4.78, 5) is 41.6. The van der Waals surface area contributed by atoms with Crippen molar-refractivity contribution in [3.63, 3.8) is 0 Å². The minimum absolute atomic E-state index is 0.0645. The number of hydrogen-bond donors (Lipinski definition) is 0. The molecule has 0 radical (unpaired) electrons. The van der Waals surface area contributed by atoms with E-state index in [1.807, 2.05) is 4.90 Å². The number of carbonyl (C=O) groups is 3. The highest BCUT2D eigenvalue weighted by atomic mass is 16.2. The molecule has 0 aromatic heterocycles. The number of allylic oxidation sites excluding steroid dienone is 2. The van der Waals surface area contributed by atoms with Crippen LogP contribution in [0.5, 0.6) is 0 Å². The molecule has 0 aromatic rings. The first-order valence-electron chi connectivity index (χ1n) is 8.93. The van der Waals surface area contributed by atoms with Crippen molar-refractivity contribution in [2.75, 3.05) is 13.1 Å². The second-order valence-corrected chi connectivity index (χ2v) is 7.45. The molecule has 23 heavy (non-hydrogen) atoms. The van der Waals surface area contributed by atoms with Crippen LogP contribution in [0, 0.1) is 23.7 Å². The monoisotopic (exact) mass is 316 g/mol. The molecule has 5 nitrogen and oxygen atoms in total. The molecular formula is C18H24N2O3. The van der Waals surface area contributed by atoms with E-state index in [-0.39, 0.29) is 41.4 Å². The van der Waals surface area contributed by atoms with Gasteiger partial charge in [0.15, 0.2) is 0 Å². The minimum Gasteiger partial charge on any atom is -0.341 e. The Morgan fingerprint density at radius 3 is 2.00 bits per heavy atom. The summed E-state index contributed by atoms with van der Waals surface area (Å²) < 4.78 is 0. The zero-order valence-electron chi connectivity index (χ0n) is 13.6. The van der Waals surface area contributed by atoms with Crippen molar-refractivity contribution in [1.29, 1.82) is 0 Å². The maximum absolute atomic E-state index is 12.9. The maximum atomic E-state index is 12.9. The van der Waals surface area contributed by atoms with Crippen molar-refractivity contribution < 1.29 is 14.4 Å². The van der Waals surface area contributed by atoms with Crippen molar-refractivity contribution >= 4 is 17.7 Å². The van der Waals surface area contributed by atoms with Crippen molar-refractivity contribution in [2.45, 2.75) is 45.1 Å². The lowest BCUT2D eigenvalue weighted by Gasteiger charge is -2.38. The van der Waals surface area contributed by atoms with Crippen molar-refractivity contribution in [3.05, 3.63) is 12.2 Å². The number of hydrogen-bond acceptors (Lipinski definition) is 3. The maximum Gasteiger partial charge on any atom is 0.245 e. The Morgan fingerprint density at radius 2 is 1.52 bits per heavy atom. The molecule has 0 N–H and O–H groups in total. The molecule has 2 bridgehead atoms. The quantitative estimate of drug-likeness (QED) is 0.574. The van der Waals surface area contributed by atoms with E-state index in [0.29, 0.717) is 0 Å². The van der Waals surface area contributed by atoms with Gasteiger partial charge in [0, 0.05) is 13.1 Å². The van der Waals surface area contributed by atoms with Crippen molar-refractivity contribution in [2.24, 2.45) is 23.7 Å². The van der Waals surface area contributed by atoms with Gasteiger partial charge in [-0.05, 0) is 50.9 Å². The van der Waals surface area contributed by atoms with Gasteiger partial charge in [-0.15, -0.1) is 0 Å². The predicted molar refractivity (Wildman–Crippen MR) is 84.1 cm³/mol. The van der Waals surface area contributed by atoms with Crippen LogP contribution in [0.1, 0.15) is 39.0 Å². The second kappa shape index (κ2) is 5.46. The van der Waals surface area contributed by atoms with Crippen LogP contribution in [0.3, 0.4) is 0 Å². The largest absolute Gasteiger partial charge is 0.341 e. The number of fused-ring (bicyclic) bond motifs is 1. The number of imide groups is 1. The van der Waals surface area contributed by atoms with Crippen LogP contribution in [0.25, 0.3) is 0 Å². The third-order valence-electron chi connectivity index (χ3n) is 6.21. The number of likely N-dealkylation sites (tertiary alicyclic amines) is 2. The van der Waals surface area contributed by atoms with Crippen LogP contribution in [0.2, 0.25) is 0 Å². The van der Waals surface area contributed by atoms with Crippen LogP contribution < -0.4 is 0 Å². The van der Waals surface area contributed by atoms with Gasteiger partial charge in [-0.3, -0.25) is 19.3 Å². The summed E-state index contributed by atoms with van der Waals surface area (Å²) in [6, 6.07) is -0.655. The van der Waals surface area contributed by atoms with E-state index in [1.54, 1.807) is 6.92 Å². The van der Waals surface area contributed by atoms with Crippen LogP contribution in [-0.4, -0.2) is 46.7 Å². The van der Waals surface area contributed by atoms with Crippen LogP contribution in [-0.2, 0) is 14.4 Å². The highest BCUT2D eigenvalue weighted by molar-refractivity contribution is 6.09. The minimum atomic E-state index is -0.655. The highest BCUT2D eigenvalue weighted by Crippen LogP contribution is 2.50. The molecule has 3 fully saturated rings. The summed E-state index contributed by atoms with van der Waals surface area (Å²) in [5.74, 6) is -0.364. The lowest BCUT2D eigenvalue weighted by atomic mass is 9.63. The first kappa shape index (κ1) is 14.9. The first-order valence-corrected chi connectivity index (χ1v) is 8.93. The van der Waals surface area contributed by atoms with Gasteiger partial charge in [0.05, 0.1) is 11.8 Å². The van der Waals surface area contributed by atoms with E-state index in [2.05, 4.69) is 12.2 Å². The van der Waals surface area contributed by atoms with Crippen LogP contribution in [0.15, 0.2) is 12.2 Å². The Morgan fingerprint density at radius 1 is 1.00 bits per heavy atom. The molecule has 3 aliphatic carbocycles. The molecule has 0 spiro atoms. The molecule has 0 unspecified atom stereocenters. The fraction of sp³-hybridized carbons (Fsp3) is 0.722. The van der Waals surface area contributed by atoms with Gasteiger partial charge in [-0.2, -0.15) is 0 Å². The van der Waals surface area contributed by atoms with E-state index in [4.69, 9.17) is 0 Å². The van der Waals surface area contributed by atoms with E-state index in [1.165, 1.54) is 4.90 Å². The number of rotatable bonds is 2. The normalized spacial score (nSPS) is 37.3. The summed E-state index contributed by atoms with van der Waals surface area (Å²) in [5.41, 5.74) is 0. The Kier molecular flexibility index (Phi) is 3.54. The molecule has 0 aromatic carbocycles. The SMILES string of the molecule is C[C@H](C(=O)N1CCCCC1)N1C(=O)[C@H]2[C@H](C1=O)[C@H]1C=C[C@H]2CC1. The van der Waals surface area contributed by atoms with Crippen molar-refractivity contribution in [1.82, 2.24) is 9.80 Å². The zero-order valence-corrected chi connectivity index (χ0v) is 13.6. The van der Waals surface area contributed by atoms with Gasteiger partial charge < -0.3 is 4.90 Å². The number of piperidine rings is 1. The molecule has 5 atom stereocenters. The van der Waals surface area contributed by atoms with Gasteiger partial charge in [0.25, 0.3) is 0 Å². The molecule has 5 heteroatoms. The molecule has 1 saturated carbocycles. The lowest BCUT2D eigenvalue weighted by Crippen LogP contribution is -2.51. The van der Waals surface area contributed by atoms with Crippen LogP contribution >= 0.6 is 0 Å². The Hall–Kier alpha value is -1.65. The van der Waals surface area contributed by atoms with E-state index in [0.717, 1.165) is 45.2 Å². The molecule has 5 aliphatic rings. The second-order valence-electron chi connectivity index (χ2n) is 7.45. The highest BCUT2D eigenvalue weighted by Gasteiger charge is 2.58. The topological polar surface area (TPSA) is 57.7 Å². The third-order valence-corrected chi connectivity index (χ3v) is 6.21. The summed E-state index contributed by atoms with van der Waals surface area (Å²) in [6.07, 6.45) is 9.38. The summed E-state index contributed by atoms with van der Waals surface area (Å²) >= 11 is 0.